The SMILES string of the molecule is N#CN=C1C(F)=C(F)C(NC#N)C(F)=C1F. The Labute approximate surface area is 86.8 Å². The Balaban J connectivity index is 3.33. The second-order valence-corrected chi connectivity index (χ2v) is 2.57. The van der Waals surface area contributed by atoms with Gasteiger partial charge in [0.15, 0.2) is 35.2 Å². The molecule has 0 aromatic rings. The number of halogens is 4. The van der Waals surface area contributed by atoms with E-state index in [0.29, 0.717) is 0 Å². The van der Waals surface area contributed by atoms with Gasteiger partial charge in [0.25, 0.3) is 0 Å². The monoisotopic (exact) mass is 230 g/mol. The molecule has 0 fully saturated rings. The van der Waals surface area contributed by atoms with E-state index in [1.807, 2.05) is 0 Å². The number of nitriles is 2. The summed E-state index contributed by atoms with van der Waals surface area (Å²) in [5.41, 5.74) is -1.35. The first kappa shape index (κ1) is 11.7. The number of rotatable bonds is 1. The molecule has 8 heteroatoms. The number of nitrogens with zero attached hydrogens (tertiary/aromatic N) is 3. The number of hydrogen-bond acceptors (Lipinski definition) is 4. The van der Waals surface area contributed by atoms with Gasteiger partial charge in [0.1, 0.15) is 6.04 Å². The van der Waals surface area contributed by atoms with Gasteiger partial charge in [-0.2, -0.15) is 15.5 Å². The van der Waals surface area contributed by atoms with Gasteiger partial charge in [-0.25, -0.2) is 17.6 Å². The second-order valence-electron chi connectivity index (χ2n) is 2.57. The van der Waals surface area contributed by atoms with Crippen molar-refractivity contribution in [3.63, 3.8) is 0 Å². The highest BCUT2D eigenvalue weighted by molar-refractivity contribution is 6.11. The van der Waals surface area contributed by atoms with Crippen molar-refractivity contribution < 1.29 is 17.6 Å². The Morgan fingerprint density at radius 3 is 1.94 bits per heavy atom. The Bertz CT molecular complexity index is 463. The van der Waals surface area contributed by atoms with Crippen LogP contribution in [-0.4, -0.2) is 11.8 Å². The molecule has 1 aliphatic rings. The van der Waals surface area contributed by atoms with Crippen molar-refractivity contribution in [3.8, 4) is 12.4 Å². The fourth-order valence-corrected chi connectivity index (χ4v) is 1.03. The van der Waals surface area contributed by atoms with Crippen molar-refractivity contribution >= 4 is 5.71 Å². The van der Waals surface area contributed by atoms with Gasteiger partial charge in [0, 0.05) is 0 Å². The summed E-state index contributed by atoms with van der Waals surface area (Å²) in [6.07, 6.45) is 2.16. The first-order chi connectivity index (χ1) is 7.54. The van der Waals surface area contributed by atoms with Gasteiger partial charge in [-0.15, -0.1) is 0 Å². The molecule has 16 heavy (non-hydrogen) atoms. The molecule has 0 amide bonds. The molecule has 0 unspecified atom stereocenters. The maximum Gasteiger partial charge on any atom is 0.206 e. The van der Waals surface area contributed by atoms with E-state index >= 15 is 0 Å². The van der Waals surface area contributed by atoms with Crippen molar-refractivity contribution in [2.45, 2.75) is 6.04 Å². The highest BCUT2D eigenvalue weighted by Gasteiger charge is 2.37. The summed E-state index contributed by atoms with van der Waals surface area (Å²) in [6, 6.07) is -2.15. The van der Waals surface area contributed by atoms with Gasteiger partial charge in [-0.1, -0.05) is 0 Å². The van der Waals surface area contributed by atoms with E-state index in [1.54, 1.807) is 0 Å². The highest BCUT2D eigenvalue weighted by Crippen LogP contribution is 2.31. The van der Waals surface area contributed by atoms with Crippen LogP contribution in [0.15, 0.2) is 28.3 Å². The fourth-order valence-electron chi connectivity index (χ4n) is 1.03. The average Bonchev–Trinajstić information content (AvgIpc) is 2.28. The van der Waals surface area contributed by atoms with Crippen LogP contribution in [0.25, 0.3) is 0 Å². The molecule has 0 radical (unpaired) electrons. The summed E-state index contributed by atoms with van der Waals surface area (Å²) >= 11 is 0. The molecular weight excluding hydrogens is 228 g/mol. The van der Waals surface area contributed by atoms with Crippen LogP contribution in [0.5, 0.6) is 0 Å². The van der Waals surface area contributed by atoms with E-state index in [1.165, 1.54) is 5.32 Å². The minimum atomic E-state index is -2.15. The topological polar surface area (TPSA) is 72.0 Å². The Morgan fingerprint density at radius 1 is 1.06 bits per heavy atom. The Kier molecular flexibility index (Phi) is 3.26. The van der Waals surface area contributed by atoms with Crippen LogP contribution < -0.4 is 5.32 Å². The van der Waals surface area contributed by atoms with E-state index < -0.39 is 35.1 Å². The van der Waals surface area contributed by atoms with Crippen LogP contribution in [0.1, 0.15) is 0 Å². The Morgan fingerprint density at radius 2 is 1.56 bits per heavy atom. The smallest absolute Gasteiger partial charge is 0.206 e. The second kappa shape index (κ2) is 4.45. The zero-order valence-corrected chi connectivity index (χ0v) is 7.43. The summed E-state index contributed by atoms with van der Waals surface area (Å²) < 4.78 is 52.3. The molecule has 0 saturated carbocycles. The third kappa shape index (κ3) is 1.73. The molecule has 0 spiro atoms. The van der Waals surface area contributed by atoms with Crippen LogP contribution in [0.2, 0.25) is 0 Å². The molecule has 1 N–H and O–H groups in total. The predicted octanol–water partition coefficient (Wildman–Crippen LogP) is 1.66. The number of hydrogen-bond donors (Lipinski definition) is 1. The molecule has 0 saturated heterocycles. The van der Waals surface area contributed by atoms with Gasteiger partial charge in [-0.3, -0.25) is 0 Å². The average molecular weight is 230 g/mol. The van der Waals surface area contributed by atoms with Crippen molar-refractivity contribution in [3.05, 3.63) is 23.3 Å². The predicted molar refractivity (Wildman–Crippen MR) is 44.1 cm³/mol. The number of nitrogens with one attached hydrogen (secondary N) is 1. The summed E-state index contributed by atoms with van der Waals surface area (Å²) in [5.74, 6) is -7.11. The van der Waals surface area contributed by atoms with Crippen molar-refractivity contribution in [2.75, 3.05) is 0 Å². The quantitative estimate of drug-likeness (QED) is 0.423. The maximum atomic E-state index is 13.1. The molecular formula is C8H2F4N4. The minimum absolute atomic E-state index is 1.01. The third-order valence-corrected chi connectivity index (χ3v) is 1.71. The summed E-state index contributed by atoms with van der Waals surface area (Å²) in [5, 5.41) is 17.7. The maximum absolute atomic E-state index is 13.1. The van der Waals surface area contributed by atoms with E-state index in [-0.39, 0.29) is 0 Å². The first-order valence-electron chi connectivity index (χ1n) is 3.77. The fraction of sp³-hybridized carbons (Fsp3) is 0.125. The van der Waals surface area contributed by atoms with Crippen LogP contribution in [0.4, 0.5) is 17.6 Å². The summed E-state index contributed by atoms with van der Waals surface area (Å²) in [6.45, 7) is 0. The van der Waals surface area contributed by atoms with Crippen LogP contribution in [-0.2, 0) is 0 Å². The van der Waals surface area contributed by atoms with Gasteiger partial charge >= 0.3 is 0 Å². The standard InChI is InChI=1S/C8H2F4N4/c9-3-5(11)8(16-2-14)6(12)4(10)7(3)15-1-13/h7,15H. The van der Waals surface area contributed by atoms with Crippen LogP contribution >= 0.6 is 0 Å². The minimum Gasteiger partial charge on any atom is -0.307 e. The molecule has 82 valence electrons. The molecule has 0 heterocycles. The lowest BCUT2D eigenvalue weighted by Gasteiger charge is -2.17. The largest absolute Gasteiger partial charge is 0.307 e. The van der Waals surface area contributed by atoms with Gasteiger partial charge in [0.2, 0.25) is 6.19 Å². The summed E-state index contributed by atoms with van der Waals surface area (Å²) in [7, 11) is 0. The number of allylic oxidation sites excluding steroid dienone is 2. The molecule has 4 nitrogen and oxygen atoms in total. The molecule has 0 aromatic carbocycles. The van der Waals surface area contributed by atoms with Gasteiger partial charge in [-0.05, 0) is 0 Å². The molecule has 0 aliphatic heterocycles. The van der Waals surface area contributed by atoms with Crippen molar-refractivity contribution in [2.24, 2.45) is 4.99 Å². The Hall–Kier alpha value is -2.35. The lowest BCUT2D eigenvalue weighted by atomic mass is 10.0. The molecule has 1 rings (SSSR count). The zero-order valence-electron chi connectivity index (χ0n) is 7.43. The summed E-state index contributed by atoms with van der Waals surface area (Å²) in [4.78, 5) is 2.61. The lowest BCUT2D eigenvalue weighted by molar-refractivity contribution is 0.417. The van der Waals surface area contributed by atoms with E-state index in [9.17, 15) is 17.6 Å². The molecule has 1 aliphatic carbocycles. The van der Waals surface area contributed by atoms with Crippen molar-refractivity contribution in [1.29, 1.82) is 10.5 Å². The molecule has 0 atom stereocenters. The normalized spacial score (nSPS) is 20.4. The van der Waals surface area contributed by atoms with Crippen LogP contribution in [0, 0.1) is 22.9 Å². The van der Waals surface area contributed by atoms with Crippen molar-refractivity contribution in [1.82, 2.24) is 5.32 Å². The number of aliphatic imine (C=N–C) groups is 1. The molecule has 0 bridgehead atoms. The van der Waals surface area contributed by atoms with Gasteiger partial charge in [0.05, 0.1) is 0 Å². The van der Waals surface area contributed by atoms with E-state index in [4.69, 9.17) is 10.5 Å². The first-order valence-corrected chi connectivity index (χ1v) is 3.77. The van der Waals surface area contributed by atoms with E-state index in [2.05, 4.69) is 4.99 Å². The lowest BCUT2D eigenvalue weighted by Crippen LogP contribution is -2.32. The van der Waals surface area contributed by atoms with Crippen LogP contribution in [0.3, 0.4) is 0 Å². The highest BCUT2D eigenvalue weighted by atomic mass is 19.2. The molecule has 0 aromatic heterocycles. The zero-order chi connectivity index (χ0) is 12.3. The van der Waals surface area contributed by atoms with E-state index in [0.717, 1.165) is 12.4 Å². The third-order valence-electron chi connectivity index (χ3n) is 1.71. The van der Waals surface area contributed by atoms with Gasteiger partial charge < -0.3 is 5.32 Å².